The first-order valence-corrected chi connectivity index (χ1v) is 4.67. The second-order valence-corrected chi connectivity index (χ2v) is 3.03. The summed E-state index contributed by atoms with van der Waals surface area (Å²) >= 11 is 0. The molecule has 0 spiro atoms. The minimum atomic E-state index is -0.509. The van der Waals surface area contributed by atoms with E-state index in [1.807, 2.05) is 25.1 Å². The number of rotatable bonds is 4. The van der Waals surface area contributed by atoms with Crippen molar-refractivity contribution in [1.82, 2.24) is 10.3 Å². The number of hydrogen-bond acceptors (Lipinski definition) is 3. The first-order valence-electron chi connectivity index (χ1n) is 4.67. The lowest BCUT2D eigenvalue weighted by atomic mass is 10.1. The molecule has 0 saturated carbocycles. The van der Waals surface area contributed by atoms with Crippen molar-refractivity contribution in [3.8, 4) is 0 Å². The molecule has 1 aromatic heterocycles. The number of aromatic nitrogens is 1. The third-order valence-corrected chi connectivity index (χ3v) is 1.84. The highest BCUT2D eigenvalue weighted by molar-refractivity contribution is 5.81. The number of nitrogens with two attached hydrogens (primary N) is 1. The first-order chi connectivity index (χ1) is 6.74. The monoisotopic (exact) mass is 193 g/mol. The summed E-state index contributed by atoms with van der Waals surface area (Å²) in [5.74, 6) is -0.127. The topological polar surface area (TPSA) is 68.0 Å². The van der Waals surface area contributed by atoms with Crippen LogP contribution in [0.5, 0.6) is 0 Å². The summed E-state index contributed by atoms with van der Waals surface area (Å²) in [7, 11) is 0. The molecule has 0 radical (unpaired) electrons. The Morgan fingerprint density at radius 3 is 3.00 bits per heavy atom. The lowest BCUT2D eigenvalue weighted by Gasteiger charge is -2.10. The number of likely N-dealkylation sites (N-methyl/N-ethyl adjacent to an activating group) is 1. The van der Waals surface area contributed by atoms with Crippen molar-refractivity contribution in [1.29, 1.82) is 0 Å². The van der Waals surface area contributed by atoms with Crippen LogP contribution in [-0.2, 0) is 11.2 Å². The van der Waals surface area contributed by atoms with Crippen LogP contribution in [0.4, 0.5) is 0 Å². The zero-order valence-electron chi connectivity index (χ0n) is 8.23. The van der Waals surface area contributed by atoms with E-state index in [1.54, 1.807) is 6.20 Å². The van der Waals surface area contributed by atoms with Gasteiger partial charge in [0.05, 0.1) is 6.04 Å². The van der Waals surface area contributed by atoms with Gasteiger partial charge in [0.2, 0.25) is 5.91 Å². The summed E-state index contributed by atoms with van der Waals surface area (Å²) < 4.78 is 0. The molecule has 1 unspecified atom stereocenters. The zero-order chi connectivity index (χ0) is 10.4. The number of amides is 1. The molecule has 1 heterocycles. The smallest absolute Gasteiger partial charge is 0.237 e. The molecule has 1 rings (SSSR count). The Morgan fingerprint density at radius 1 is 1.64 bits per heavy atom. The van der Waals surface area contributed by atoms with E-state index in [1.165, 1.54) is 0 Å². The van der Waals surface area contributed by atoms with Gasteiger partial charge >= 0.3 is 0 Å². The Morgan fingerprint density at radius 2 is 2.43 bits per heavy atom. The Bertz CT molecular complexity index is 287. The van der Waals surface area contributed by atoms with E-state index in [0.29, 0.717) is 13.0 Å². The lowest BCUT2D eigenvalue weighted by molar-refractivity contribution is -0.122. The van der Waals surface area contributed by atoms with Crippen molar-refractivity contribution in [2.45, 2.75) is 19.4 Å². The number of carbonyl (C=O) groups excluding carboxylic acids is 1. The van der Waals surface area contributed by atoms with Gasteiger partial charge in [0.25, 0.3) is 0 Å². The van der Waals surface area contributed by atoms with Crippen LogP contribution in [0.2, 0.25) is 0 Å². The van der Waals surface area contributed by atoms with E-state index in [0.717, 1.165) is 5.69 Å². The van der Waals surface area contributed by atoms with Crippen LogP contribution in [0.1, 0.15) is 12.6 Å². The Hall–Kier alpha value is -1.42. The van der Waals surface area contributed by atoms with E-state index < -0.39 is 6.04 Å². The van der Waals surface area contributed by atoms with Gasteiger partial charge in [-0.2, -0.15) is 0 Å². The predicted molar refractivity (Wildman–Crippen MR) is 54.6 cm³/mol. The summed E-state index contributed by atoms with van der Waals surface area (Å²) in [5, 5.41) is 2.67. The van der Waals surface area contributed by atoms with Crippen LogP contribution in [-0.4, -0.2) is 23.5 Å². The number of carbonyl (C=O) groups is 1. The molecule has 3 N–H and O–H groups in total. The Kier molecular flexibility index (Phi) is 4.07. The lowest BCUT2D eigenvalue weighted by Crippen LogP contribution is -2.42. The molecule has 1 amide bonds. The Balaban J connectivity index is 2.49. The molecule has 4 heteroatoms. The van der Waals surface area contributed by atoms with Crippen molar-refractivity contribution >= 4 is 5.91 Å². The molecular formula is C10H15N3O. The molecule has 0 bridgehead atoms. The number of pyridine rings is 1. The highest BCUT2D eigenvalue weighted by Gasteiger charge is 2.12. The van der Waals surface area contributed by atoms with Crippen LogP contribution in [0.3, 0.4) is 0 Å². The van der Waals surface area contributed by atoms with E-state index in [4.69, 9.17) is 5.73 Å². The maximum atomic E-state index is 11.3. The predicted octanol–water partition coefficient (Wildman–Crippen LogP) is 0.0875. The molecule has 76 valence electrons. The molecule has 0 aliphatic heterocycles. The first kappa shape index (κ1) is 10.7. The van der Waals surface area contributed by atoms with Gasteiger partial charge in [-0.15, -0.1) is 0 Å². The maximum Gasteiger partial charge on any atom is 0.237 e. The normalized spacial score (nSPS) is 12.1. The van der Waals surface area contributed by atoms with Crippen molar-refractivity contribution < 1.29 is 4.79 Å². The maximum absolute atomic E-state index is 11.3. The highest BCUT2D eigenvalue weighted by Crippen LogP contribution is 1.97. The summed E-state index contributed by atoms with van der Waals surface area (Å²) in [6, 6.07) is 5.07. The third-order valence-electron chi connectivity index (χ3n) is 1.84. The van der Waals surface area contributed by atoms with Gasteiger partial charge in [-0.3, -0.25) is 9.78 Å². The van der Waals surface area contributed by atoms with E-state index >= 15 is 0 Å². The van der Waals surface area contributed by atoms with E-state index in [2.05, 4.69) is 10.3 Å². The average Bonchev–Trinajstić information content (AvgIpc) is 2.19. The molecule has 0 aliphatic carbocycles. The van der Waals surface area contributed by atoms with E-state index in [9.17, 15) is 4.79 Å². The minimum Gasteiger partial charge on any atom is -0.355 e. The van der Waals surface area contributed by atoms with Gasteiger partial charge in [0.1, 0.15) is 0 Å². The van der Waals surface area contributed by atoms with Gasteiger partial charge < -0.3 is 11.1 Å². The third kappa shape index (κ3) is 3.14. The molecule has 14 heavy (non-hydrogen) atoms. The number of nitrogens with one attached hydrogen (secondary N) is 1. The number of nitrogens with zero attached hydrogens (tertiary/aromatic N) is 1. The fourth-order valence-electron chi connectivity index (χ4n) is 1.14. The van der Waals surface area contributed by atoms with Gasteiger partial charge in [0.15, 0.2) is 0 Å². The van der Waals surface area contributed by atoms with Crippen LogP contribution in [0.15, 0.2) is 24.4 Å². The summed E-state index contributed by atoms with van der Waals surface area (Å²) in [5.41, 5.74) is 6.52. The summed E-state index contributed by atoms with van der Waals surface area (Å²) in [6.07, 6.45) is 2.17. The van der Waals surface area contributed by atoms with E-state index in [-0.39, 0.29) is 5.91 Å². The second-order valence-electron chi connectivity index (χ2n) is 3.03. The number of hydrogen-bond donors (Lipinski definition) is 2. The van der Waals surface area contributed by atoms with Crippen molar-refractivity contribution in [3.05, 3.63) is 30.1 Å². The van der Waals surface area contributed by atoms with Crippen molar-refractivity contribution in [3.63, 3.8) is 0 Å². The van der Waals surface area contributed by atoms with Crippen LogP contribution in [0.25, 0.3) is 0 Å². The van der Waals surface area contributed by atoms with Crippen molar-refractivity contribution in [2.24, 2.45) is 5.73 Å². The quantitative estimate of drug-likeness (QED) is 0.712. The van der Waals surface area contributed by atoms with Crippen LogP contribution < -0.4 is 11.1 Å². The van der Waals surface area contributed by atoms with Gasteiger partial charge in [-0.25, -0.2) is 0 Å². The van der Waals surface area contributed by atoms with Gasteiger partial charge in [0, 0.05) is 24.9 Å². The van der Waals surface area contributed by atoms with Gasteiger partial charge in [-0.05, 0) is 19.1 Å². The molecule has 0 aromatic carbocycles. The summed E-state index contributed by atoms with van der Waals surface area (Å²) in [6.45, 7) is 2.47. The molecule has 0 fully saturated rings. The molecule has 1 aromatic rings. The fraction of sp³-hybridized carbons (Fsp3) is 0.400. The van der Waals surface area contributed by atoms with Gasteiger partial charge in [-0.1, -0.05) is 6.07 Å². The standard InChI is InChI=1S/C10H15N3O/c1-2-12-10(14)9(11)7-8-5-3-4-6-13-8/h3-6,9H,2,7,11H2,1H3,(H,12,14). The minimum absolute atomic E-state index is 0.127. The Labute approximate surface area is 83.5 Å². The SMILES string of the molecule is CCNC(=O)C(N)Cc1ccccn1. The molecule has 4 nitrogen and oxygen atoms in total. The molecular weight excluding hydrogens is 178 g/mol. The fourth-order valence-corrected chi connectivity index (χ4v) is 1.14. The van der Waals surface area contributed by atoms with Crippen LogP contribution in [0, 0.1) is 0 Å². The zero-order valence-corrected chi connectivity index (χ0v) is 8.23. The second kappa shape index (κ2) is 5.34. The summed E-state index contributed by atoms with van der Waals surface area (Å²) in [4.78, 5) is 15.4. The molecule has 0 saturated heterocycles. The largest absolute Gasteiger partial charge is 0.355 e. The van der Waals surface area contributed by atoms with Crippen molar-refractivity contribution in [2.75, 3.05) is 6.54 Å². The molecule has 0 aliphatic rings. The van der Waals surface area contributed by atoms with Crippen LogP contribution >= 0.6 is 0 Å². The highest BCUT2D eigenvalue weighted by atomic mass is 16.2. The average molecular weight is 193 g/mol. The molecule has 1 atom stereocenters.